The Morgan fingerprint density at radius 2 is 1.59 bits per heavy atom. The summed E-state index contributed by atoms with van der Waals surface area (Å²) < 4.78 is 42.3. The maximum absolute atomic E-state index is 13.9. The Morgan fingerprint density at radius 1 is 0.906 bits per heavy atom. The molecule has 1 aromatic heterocycles. The van der Waals surface area contributed by atoms with Crippen molar-refractivity contribution in [3.05, 3.63) is 80.9 Å². The van der Waals surface area contributed by atoms with Gasteiger partial charge < -0.3 is 9.80 Å². The maximum atomic E-state index is 13.9. The minimum Gasteiger partial charge on any atom is -0.364 e. The first-order chi connectivity index (χ1) is 15.2. The molecule has 1 fully saturated rings. The Kier molecular flexibility index (Phi) is 6.06. The van der Waals surface area contributed by atoms with Crippen LogP contribution < -0.4 is 10.5 Å². The van der Waals surface area contributed by atoms with Crippen LogP contribution in [0.25, 0.3) is 11.3 Å². The molecular weight excluding hydrogens is 417 g/mol. The first kappa shape index (κ1) is 22.1. The molecule has 0 N–H and O–H groups in total. The van der Waals surface area contributed by atoms with Crippen LogP contribution in [0.15, 0.2) is 41.2 Å². The fraction of sp³-hybridized carbons (Fsp3) is 0.333. The van der Waals surface area contributed by atoms with Crippen molar-refractivity contribution in [2.24, 2.45) is 0 Å². The van der Waals surface area contributed by atoms with E-state index in [0.717, 1.165) is 25.2 Å². The lowest BCUT2D eigenvalue weighted by Crippen LogP contribution is -2.47. The number of halogens is 3. The lowest BCUT2D eigenvalue weighted by Gasteiger charge is -2.34. The predicted molar refractivity (Wildman–Crippen MR) is 119 cm³/mol. The number of nitrogens with zero attached hydrogens (tertiary/aromatic N) is 4. The summed E-state index contributed by atoms with van der Waals surface area (Å²) in [6.45, 7) is 6.51. The molecule has 1 aliphatic heterocycles. The van der Waals surface area contributed by atoms with E-state index in [4.69, 9.17) is 0 Å². The molecule has 168 valence electrons. The van der Waals surface area contributed by atoms with E-state index < -0.39 is 11.6 Å². The van der Waals surface area contributed by atoms with Crippen LogP contribution in [0.5, 0.6) is 0 Å². The van der Waals surface area contributed by atoms with Gasteiger partial charge in [-0.1, -0.05) is 6.07 Å². The van der Waals surface area contributed by atoms with Crippen LogP contribution in [-0.2, 0) is 6.54 Å². The van der Waals surface area contributed by atoms with E-state index in [1.165, 1.54) is 16.8 Å². The van der Waals surface area contributed by atoms with Crippen molar-refractivity contribution in [2.45, 2.75) is 20.4 Å². The minimum atomic E-state index is -0.976. The van der Waals surface area contributed by atoms with Gasteiger partial charge in [-0.25, -0.2) is 17.9 Å². The SMILES string of the molecule is Cc1cc(-c2nn(Cc3ccc(F)c(F)c3)c(=O)c(N3CCN(C)CC3)c2C)ccc1F. The van der Waals surface area contributed by atoms with Gasteiger partial charge in [-0.2, -0.15) is 5.10 Å². The highest BCUT2D eigenvalue weighted by Gasteiger charge is 2.24. The zero-order valence-electron chi connectivity index (χ0n) is 18.3. The second-order valence-corrected chi connectivity index (χ2v) is 8.29. The number of likely N-dealkylation sites (N-methyl/N-ethyl adjacent to an activating group) is 1. The van der Waals surface area contributed by atoms with E-state index in [2.05, 4.69) is 10.00 Å². The normalized spacial score (nSPS) is 14.8. The third-order valence-corrected chi connectivity index (χ3v) is 5.94. The van der Waals surface area contributed by atoms with Crippen LogP contribution in [0.3, 0.4) is 0 Å². The standard InChI is InChI=1S/C24H25F3N4O/c1-15-12-18(5-7-19(15)25)22-16(2)23(30-10-8-29(3)9-11-30)24(32)31(28-22)14-17-4-6-20(26)21(27)13-17/h4-7,12-13H,8-11,14H2,1-3H3. The molecule has 2 heterocycles. The van der Waals surface area contributed by atoms with Gasteiger partial charge in [-0.05, 0) is 62.4 Å². The van der Waals surface area contributed by atoms with Gasteiger partial charge in [-0.3, -0.25) is 4.79 Å². The molecule has 0 saturated carbocycles. The molecule has 0 bridgehead atoms. The third kappa shape index (κ3) is 4.27. The third-order valence-electron chi connectivity index (χ3n) is 5.94. The molecule has 0 spiro atoms. The molecule has 0 aliphatic carbocycles. The molecule has 0 atom stereocenters. The first-order valence-corrected chi connectivity index (χ1v) is 10.5. The average molecular weight is 442 g/mol. The second-order valence-electron chi connectivity index (χ2n) is 8.29. The van der Waals surface area contributed by atoms with Gasteiger partial charge in [0.1, 0.15) is 11.5 Å². The van der Waals surface area contributed by atoms with Gasteiger partial charge in [0, 0.05) is 37.3 Å². The molecule has 0 unspecified atom stereocenters. The van der Waals surface area contributed by atoms with Crippen LogP contribution in [0.2, 0.25) is 0 Å². The number of piperazine rings is 1. The minimum absolute atomic E-state index is 0.00969. The van der Waals surface area contributed by atoms with Gasteiger partial charge in [-0.15, -0.1) is 0 Å². The quantitative estimate of drug-likeness (QED) is 0.617. The monoisotopic (exact) mass is 442 g/mol. The van der Waals surface area contributed by atoms with Crippen LogP contribution in [0, 0.1) is 31.3 Å². The topological polar surface area (TPSA) is 41.4 Å². The molecular formula is C24H25F3N4O. The maximum Gasteiger partial charge on any atom is 0.290 e. The fourth-order valence-electron chi connectivity index (χ4n) is 4.02. The lowest BCUT2D eigenvalue weighted by molar-refractivity contribution is 0.312. The largest absolute Gasteiger partial charge is 0.364 e. The van der Waals surface area contributed by atoms with Crippen molar-refractivity contribution in [3.8, 4) is 11.3 Å². The number of aromatic nitrogens is 2. The Morgan fingerprint density at radius 3 is 2.25 bits per heavy atom. The van der Waals surface area contributed by atoms with Crippen molar-refractivity contribution >= 4 is 5.69 Å². The summed E-state index contributed by atoms with van der Waals surface area (Å²) in [7, 11) is 2.03. The van der Waals surface area contributed by atoms with Crippen molar-refractivity contribution in [3.63, 3.8) is 0 Å². The number of benzene rings is 2. The zero-order chi connectivity index (χ0) is 23.0. The molecule has 2 aromatic carbocycles. The first-order valence-electron chi connectivity index (χ1n) is 10.5. The van der Waals surface area contributed by atoms with E-state index >= 15 is 0 Å². The Hall–Kier alpha value is -3.13. The molecule has 4 rings (SSSR count). The summed E-state index contributed by atoms with van der Waals surface area (Å²) in [6, 6.07) is 8.26. The Balaban J connectivity index is 1.86. The average Bonchev–Trinajstić information content (AvgIpc) is 2.76. The summed E-state index contributed by atoms with van der Waals surface area (Å²) in [4.78, 5) is 17.7. The van der Waals surface area contributed by atoms with E-state index in [-0.39, 0.29) is 17.9 Å². The number of anilines is 1. The second kappa shape index (κ2) is 8.78. The smallest absolute Gasteiger partial charge is 0.290 e. The van der Waals surface area contributed by atoms with Crippen LogP contribution in [0.4, 0.5) is 18.9 Å². The van der Waals surface area contributed by atoms with Gasteiger partial charge in [0.25, 0.3) is 5.56 Å². The zero-order valence-corrected chi connectivity index (χ0v) is 18.3. The fourth-order valence-corrected chi connectivity index (χ4v) is 4.02. The highest BCUT2D eigenvalue weighted by molar-refractivity contribution is 5.70. The number of hydrogen-bond donors (Lipinski definition) is 0. The van der Waals surface area contributed by atoms with E-state index in [9.17, 15) is 18.0 Å². The van der Waals surface area contributed by atoms with Crippen molar-refractivity contribution in [2.75, 3.05) is 38.1 Å². The van der Waals surface area contributed by atoms with E-state index in [1.807, 2.05) is 18.9 Å². The van der Waals surface area contributed by atoms with Crippen LogP contribution in [0.1, 0.15) is 16.7 Å². The molecule has 5 nitrogen and oxygen atoms in total. The van der Waals surface area contributed by atoms with Crippen molar-refractivity contribution in [1.82, 2.24) is 14.7 Å². The highest BCUT2D eigenvalue weighted by atomic mass is 19.2. The molecule has 0 radical (unpaired) electrons. The van der Waals surface area contributed by atoms with Gasteiger partial charge in [0.2, 0.25) is 0 Å². The summed E-state index contributed by atoms with van der Waals surface area (Å²) >= 11 is 0. The molecule has 0 amide bonds. The Labute approximate surface area is 184 Å². The molecule has 8 heteroatoms. The predicted octanol–water partition coefficient (Wildman–Crippen LogP) is 3.74. The van der Waals surface area contributed by atoms with Crippen molar-refractivity contribution in [1.29, 1.82) is 0 Å². The summed E-state index contributed by atoms with van der Waals surface area (Å²) in [5.41, 5.74) is 3.11. The molecule has 1 saturated heterocycles. The van der Waals surface area contributed by atoms with Gasteiger partial charge in [0.05, 0.1) is 12.2 Å². The number of rotatable bonds is 4. The summed E-state index contributed by atoms with van der Waals surface area (Å²) in [5, 5.41) is 4.56. The summed E-state index contributed by atoms with van der Waals surface area (Å²) in [6.07, 6.45) is 0. The van der Waals surface area contributed by atoms with Gasteiger partial charge >= 0.3 is 0 Å². The molecule has 1 aliphatic rings. The molecule has 32 heavy (non-hydrogen) atoms. The lowest BCUT2D eigenvalue weighted by atomic mass is 10.0. The van der Waals surface area contributed by atoms with Crippen LogP contribution >= 0.6 is 0 Å². The number of aryl methyl sites for hydroxylation is 1. The molecule has 3 aromatic rings. The summed E-state index contributed by atoms with van der Waals surface area (Å²) in [5.74, 6) is -2.24. The van der Waals surface area contributed by atoms with Gasteiger partial charge in [0.15, 0.2) is 11.6 Å². The van der Waals surface area contributed by atoms with E-state index in [1.54, 1.807) is 19.1 Å². The van der Waals surface area contributed by atoms with Crippen LogP contribution in [-0.4, -0.2) is 47.9 Å². The van der Waals surface area contributed by atoms with E-state index in [0.29, 0.717) is 46.7 Å². The Bertz CT molecular complexity index is 1220. The van der Waals surface area contributed by atoms with Crippen molar-refractivity contribution < 1.29 is 13.2 Å². The number of hydrogen-bond acceptors (Lipinski definition) is 4. The highest BCUT2D eigenvalue weighted by Crippen LogP contribution is 2.28.